The van der Waals surface area contributed by atoms with Gasteiger partial charge in [-0.15, -0.1) is 0 Å². The molecule has 1 aromatic heterocycles. The molecule has 0 unspecified atom stereocenters. The molecule has 1 aliphatic carbocycles. The number of fused-ring (bicyclic) bond motifs is 1. The van der Waals surface area contributed by atoms with E-state index in [0.717, 1.165) is 11.3 Å². The predicted octanol–water partition coefficient (Wildman–Crippen LogP) is 5.34. The maximum Gasteiger partial charge on any atom is 0.410 e. The highest BCUT2D eigenvalue weighted by atomic mass is 16.6. The van der Waals surface area contributed by atoms with Crippen LogP contribution in [0.5, 0.6) is 0 Å². The van der Waals surface area contributed by atoms with Gasteiger partial charge in [-0.2, -0.15) is 0 Å². The first-order chi connectivity index (χ1) is 17.7. The Morgan fingerprint density at radius 3 is 2.54 bits per heavy atom. The maximum absolute atomic E-state index is 13.8. The highest BCUT2D eigenvalue weighted by molar-refractivity contribution is 6.00. The van der Waals surface area contributed by atoms with Crippen LogP contribution in [0.25, 0.3) is 0 Å². The monoisotopic (exact) mass is 505 g/mol. The third kappa shape index (κ3) is 5.48. The molecule has 196 valence electrons. The molecule has 8 nitrogen and oxygen atoms in total. The minimum atomic E-state index is -0.642. The van der Waals surface area contributed by atoms with Crippen LogP contribution >= 0.6 is 0 Å². The zero-order chi connectivity index (χ0) is 26.2. The summed E-state index contributed by atoms with van der Waals surface area (Å²) in [4.78, 5) is 46.4. The third-order valence-electron chi connectivity index (χ3n) is 7.42. The molecule has 1 aromatic carbocycles. The van der Waals surface area contributed by atoms with E-state index in [0.29, 0.717) is 30.1 Å². The summed E-state index contributed by atoms with van der Waals surface area (Å²) in [6.45, 7) is 6.35. The molecule has 3 aliphatic rings. The van der Waals surface area contributed by atoms with Crippen molar-refractivity contribution in [1.82, 2.24) is 9.88 Å². The van der Waals surface area contributed by atoms with E-state index in [1.54, 1.807) is 17.0 Å². The van der Waals surface area contributed by atoms with Crippen LogP contribution in [0.1, 0.15) is 92.4 Å². The first-order valence-electron chi connectivity index (χ1n) is 13.3. The average molecular weight is 506 g/mol. The Hall–Kier alpha value is -3.42. The zero-order valence-electron chi connectivity index (χ0n) is 21.9. The summed E-state index contributed by atoms with van der Waals surface area (Å²) in [7, 11) is 0. The topological polar surface area (TPSA) is 89.0 Å². The van der Waals surface area contributed by atoms with Crippen molar-refractivity contribution in [2.24, 2.45) is 0 Å². The van der Waals surface area contributed by atoms with E-state index in [4.69, 9.17) is 14.5 Å². The fourth-order valence-electron chi connectivity index (χ4n) is 5.32. The average Bonchev–Trinajstić information content (AvgIpc) is 3.21. The summed E-state index contributed by atoms with van der Waals surface area (Å²) in [6, 6.07) is 8.80. The number of pyridine rings is 1. The van der Waals surface area contributed by atoms with Crippen LogP contribution in [0.15, 0.2) is 36.5 Å². The van der Waals surface area contributed by atoms with Gasteiger partial charge in [-0.3, -0.25) is 14.7 Å². The van der Waals surface area contributed by atoms with Gasteiger partial charge >= 0.3 is 12.1 Å². The fourth-order valence-corrected chi connectivity index (χ4v) is 5.32. The van der Waals surface area contributed by atoms with Crippen molar-refractivity contribution in [3.05, 3.63) is 58.9 Å². The first-order valence-corrected chi connectivity index (χ1v) is 13.3. The molecule has 0 N–H and O–H groups in total. The van der Waals surface area contributed by atoms with E-state index in [2.05, 4.69) is 6.07 Å². The number of hydrogen-bond acceptors (Lipinski definition) is 6. The van der Waals surface area contributed by atoms with Crippen molar-refractivity contribution in [2.75, 3.05) is 11.4 Å². The molecule has 8 heteroatoms. The Balaban J connectivity index is 1.39. The standard InChI is InChI=1S/C29H35N3O5/c1-29(2,3)37-28(35)31-14-13-25(31)26(33)32(23-11-12-24-21(15-23)18-36-27(24)34)17-22-10-9-20(16-30-22)19-7-5-4-6-8-19/h9-12,15-16,19,25H,4-8,13-14,17-18H2,1-3H3/t25-/m1/s1. The van der Waals surface area contributed by atoms with Gasteiger partial charge in [-0.25, -0.2) is 9.59 Å². The summed E-state index contributed by atoms with van der Waals surface area (Å²) in [6.07, 6.45) is 8.24. The van der Waals surface area contributed by atoms with Gasteiger partial charge in [0.05, 0.1) is 17.8 Å². The molecular weight excluding hydrogens is 470 g/mol. The molecule has 1 saturated heterocycles. The highest BCUT2D eigenvalue weighted by Crippen LogP contribution is 2.33. The molecule has 0 bridgehead atoms. The second kappa shape index (κ2) is 10.1. The molecule has 2 aliphatic heterocycles. The Morgan fingerprint density at radius 1 is 1.11 bits per heavy atom. The van der Waals surface area contributed by atoms with Gasteiger partial charge in [0.1, 0.15) is 18.2 Å². The van der Waals surface area contributed by atoms with Crippen LogP contribution < -0.4 is 4.90 Å². The third-order valence-corrected chi connectivity index (χ3v) is 7.42. The predicted molar refractivity (Wildman–Crippen MR) is 138 cm³/mol. The van der Waals surface area contributed by atoms with Crippen LogP contribution in [0, 0.1) is 0 Å². The number of nitrogens with zero attached hydrogens (tertiary/aromatic N) is 3. The van der Waals surface area contributed by atoms with Crippen LogP contribution in [0.4, 0.5) is 10.5 Å². The molecular formula is C29H35N3O5. The largest absolute Gasteiger partial charge is 0.457 e. The lowest BCUT2D eigenvalue weighted by atomic mass is 9.85. The van der Waals surface area contributed by atoms with Gasteiger partial charge in [0.2, 0.25) is 5.91 Å². The lowest BCUT2D eigenvalue weighted by Gasteiger charge is -2.42. The Labute approximate surface area is 217 Å². The number of esters is 1. The van der Waals surface area contributed by atoms with Gasteiger partial charge in [0.15, 0.2) is 0 Å². The van der Waals surface area contributed by atoms with E-state index in [-0.39, 0.29) is 25.0 Å². The normalized spacial score (nSPS) is 19.6. The lowest BCUT2D eigenvalue weighted by molar-refractivity contribution is -0.128. The van der Waals surface area contributed by atoms with E-state index in [1.807, 2.05) is 39.1 Å². The number of amides is 2. The highest BCUT2D eigenvalue weighted by Gasteiger charge is 2.42. The zero-order valence-corrected chi connectivity index (χ0v) is 21.9. The summed E-state index contributed by atoms with van der Waals surface area (Å²) >= 11 is 0. The van der Waals surface area contributed by atoms with Crippen molar-refractivity contribution >= 4 is 23.7 Å². The van der Waals surface area contributed by atoms with Crippen LogP contribution in [-0.4, -0.2) is 46.0 Å². The number of benzene rings is 1. The molecule has 1 atom stereocenters. The molecule has 2 amide bonds. The van der Waals surface area contributed by atoms with Crippen molar-refractivity contribution in [3.8, 4) is 0 Å². The van der Waals surface area contributed by atoms with Crippen molar-refractivity contribution < 1.29 is 23.9 Å². The molecule has 2 aromatic rings. The molecule has 5 rings (SSSR count). The molecule has 2 fully saturated rings. The number of carbonyl (C=O) groups is 3. The minimum absolute atomic E-state index is 0.186. The van der Waals surface area contributed by atoms with E-state index >= 15 is 0 Å². The number of cyclic esters (lactones) is 1. The summed E-state index contributed by atoms with van der Waals surface area (Å²) in [5.74, 6) is 0.00888. The van der Waals surface area contributed by atoms with Gasteiger partial charge in [-0.05, 0) is 75.8 Å². The van der Waals surface area contributed by atoms with Crippen molar-refractivity contribution in [2.45, 2.75) is 90.0 Å². The Morgan fingerprint density at radius 2 is 1.89 bits per heavy atom. The van der Waals surface area contributed by atoms with Crippen LogP contribution in [-0.2, 0) is 27.4 Å². The lowest BCUT2D eigenvalue weighted by Crippen LogP contribution is -2.59. The first kappa shape index (κ1) is 25.2. The SMILES string of the molecule is CC(C)(C)OC(=O)N1CC[C@@H]1C(=O)N(Cc1ccc(C2CCCCC2)cn1)c1ccc2c(c1)COC2=O. The fraction of sp³-hybridized carbons (Fsp3) is 0.517. The second-order valence-electron chi connectivity index (χ2n) is 11.2. The van der Waals surface area contributed by atoms with Gasteiger partial charge < -0.3 is 14.4 Å². The Bertz CT molecular complexity index is 1180. The summed E-state index contributed by atoms with van der Waals surface area (Å²) in [5, 5.41) is 0. The van der Waals surface area contributed by atoms with Crippen LogP contribution in [0.2, 0.25) is 0 Å². The number of anilines is 1. The number of ether oxygens (including phenoxy) is 2. The van der Waals surface area contributed by atoms with E-state index in [9.17, 15) is 14.4 Å². The van der Waals surface area contributed by atoms with Gasteiger partial charge in [-0.1, -0.05) is 25.3 Å². The Kier molecular flexibility index (Phi) is 6.92. The van der Waals surface area contributed by atoms with E-state index in [1.165, 1.54) is 42.6 Å². The smallest absolute Gasteiger partial charge is 0.410 e. The van der Waals surface area contributed by atoms with Crippen molar-refractivity contribution in [3.63, 3.8) is 0 Å². The number of hydrogen-bond donors (Lipinski definition) is 0. The number of aromatic nitrogens is 1. The summed E-state index contributed by atoms with van der Waals surface area (Å²) < 4.78 is 10.7. The van der Waals surface area contributed by atoms with E-state index < -0.39 is 17.7 Å². The summed E-state index contributed by atoms with van der Waals surface area (Å²) in [5.41, 5.74) is 3.30. The maximum atomic E-state index is 13.8. The van der Waals surface area contributed by atoms with Crippen LogP contribution in [0.3, 0.4) is 0 Å². The molecule has 3 heterocycles. The molecule has 1 saturated carbocycles. The quantitative estimate of drug-likeness (QED) is 0.510. The second-order valence-corrected chi connectivity index (χ2v) is 11.2. The molecule has 0 radical (unpaired) electrons. The van der Waals surface area contributed by atoms with Crippen molar-refractivity contribution in [1.29, 1.82) is 0 Å². The minimum Gasteiger partial charge on any atom is -0.457 e. The number of carbonyl (C=O) groups excluding carboxylic acids is 3. The molecule has 0 spiro atoms. The van der Waals surface area contributed by atoms with Gasteiger partial charge in [0, 0.05) is 24.0 Å². The van der Waals surface area contributed by atoms with Gasteiger partial charge in [0.25, 0.3) is 0 Å². The molecule has 37 heavy (non-hydrogen) atoms. The number of likely N-dealkylation sites (tertiary alicyclic amines) is 1. The number of rotatable bonds is 5.